The predicted molar refractivity (Wildman–Crippen MR) is 185 cm³/mol. The second kappa shape index (κ2) is 10.7. The Morgan fingerprint density at radius 3 is 1.73 bits per heavy atom. The Morgan fingerprint density at radius 2 is 1.00 bits per heavy atom. The zero-order chi connectivity index (χ0) is 29.5. The zero-order valence-corrected chi connectivity index (χ0v) is 24.7. The molecule has 0 amide bonds. The van der Waals surface area contributed by atoms with Gasteiger partial charge in [0.15, 0.2) is 7.14 Å². The van der Waals surface area contributed by atoms with Gasteiger partial charge in [0.05, 0.1) is 22.2 Å². The second-order valence-electron chi connectivity index (χ2n) is 11.0. The smallest absolute Gasteiger partial charge is 0.171 e. The molecule has 0 N–H and O–H groups in total. The van der Waals surface area contributed by atoms with Crippen LogP contribution in [0.25, 0.3) is 55.1 Å². The largest absolute Gasteiger partial charge is 0.309 e. The van der Waals surface area contributed by atoms with Crippen LogP contribution in [-0.4, -0.2) is 9.97 Å². The molecule has 0 aliphatic heterocycles. The Morgan fingerprint density at radius 1 is 0.409 bits per heavy atom. The minimum atomic E-state index is -3.10. The molecule has 0 aliphatic carbocycles. The third kappa shape index (κ3) is 4.41. The molecule has 208 valence electrons. The highest BCUT2D eigenvalue weighted by molar-refractivity contribution is 7.85. The molecule has 0 unspecified atom stereocenters. The van der Waals surface area contributed by atoms with Crippen LogP contribution in [0.2, 0.25) is 0 Å². The SMILES string of the molecule is O=P(c1ccccc1)(c1ccccc1)c1cccc(-c2ccc3c(c2)nc(-c2ccccc2)c2cc4ccccc4nc23)c1. The van der Waals surface area contributed by atoms with E-state index < -0.39 is 7.14 Å². The van der Waals surface area contributed by atoms with Crippen LogP contribution in [-0.2, 0) is 4.57 Å². The highest BCUT2D eigenvalue weighted by Gasteiger charge is 2.29. The van der Waals surface area contributed by atoms with Crippen molar-refractivity contribution in [1.29, 1.82) is 0 Å². The third-order valence-electron chi connectivity index (χ3n) is 8.29. The van der Waals surface area contributed by atoms with E-state index >= 15 is 4.57 Å². The lowest BCUT2D eigenvalue weighted by Crippen LogP contribution is -2.25. The predicted octanol–water partition coefficient (Wildman–Crippen LogP) is 8.91. The van der Waals surface area contributed by atoms with Gasteiger partial charge in [0.1, 0.15) is 0 Å². The van der Waals surface area contributed by atoms with Crippen molar-refractivity contribution in [3.05, 3.63) is 164 Å². The van der Waals surface area contributed by atoms with Gasteiger partial charge in [0.2, 0.25) is 0 Å². The van der Waals surface area contributed by atoms with E-state index in [-0.39, 0.29) is 0 Å². The molecule has 8 rings (SSSR count). The van der Waals surface area contributed by atoms with Gasteiger partial charge in [-0.25, -0.2) is 9.97 Å². The molecule has 4 heteroatoms. The molecular formula is C40H27N2OP. The van der Waals surface area contributed by atoms with E-state index in [1.54, 1.807) is 0 Å². The summed E-state index contributed by atoms with van der Waals surface area (Å²) in [5, 5.41) is 5.57. The fourth-order valence-electron chi connectivity index (χ4n) is 6.11. The van der Waals surface area contributed by atoms with Gasteiger partial charge in [-0.05, 0) is 41.5 Å². The second-order valence-corrected chi connectivity index (χ2v) is 13.7. The van der Waals surface area contributed by atoms with Gasteiger partial charge < -0.3 is 4.57 Å². The average Bonchev–Trinajstić information content (AvgIpc) is 3.11. The molecule has 3 nitrogen and oxygen atoms in total. The summed E-state index contributed by atoms with van der Waals surface area (Å²) in [5.74, 6) is 0. The molecule has 2 aromatic heterocycles. The highest BCUT2D eigenvalue weighted by Crippen LogP contribution is 2.43. The first kappa shape index (κ1) is 26.3. The van der Waals surface area contributed by atoms with Gasteiger partial charge in [0, 0.05) is 37.6 Å². The van der Waals surface area contributed by atoms with E-state index in [1.807, 2.05) is 103 Å². The summed E-state index contributed by atoms with van der Waals surface area (Å²) in [7, 11) is -3.10. The number of fused-ring (bicyclic) bond motifs is 4. The van der Waals surface area contributed by atoms with E-state index in [4.69, 9.17) is 9.97 Å². The average molecular weight is 583 g/mol. The molecule has 8 aromatic rings. The van der Waals surface area contributed by atoms with Crippen molar-refractivity contribution in [3.63, 3.8) is 0 Å². The van der Waals surface area contributed by atoms with Crippen molar-refractivity contribution < 1.29 is 4.57 Å². The van der Waals surface area contributed by atoms with Crippen molar-refractivity contribution in [1.82, 2.24) is 9.97 Å². The maximum absolute atomic E-state index is 15.0. The first-order valence-electron chi connectivity index (χ1n) is 14.7. The molecule has 2 heterocycles. The van der Waals surface area contributed by atoms with Gasteiger partial charge >= 0.3 is 0 Å². The summed E-state index contributed by atoms with van der Waals surface area (Å²) >= 11 is 0. The summed E-state index contributed by atoms with van der Waals surface area (Å²) < 4.78 is 15.0. The molecule has 0 saturated heterocycles. The Balaban J connectivity index is 1.33. The fraction of sp³-hybridized carbons (Fsp3) is 0. The van der Waals surface area contributed by atoms with E-state index in [1.165, 1.54) is 0 Å². The van der Waals surface area contributed by atoms with E-state index in [2.05, 4.69) is 60.7 Å². The number of para-hydroxylation sites is 1. The quantitative estimate of drug-likeness (QED) is 0.116. The van der Waals surface area contributed by atoms with E-state index in [9.17, 15) is 0 Å². The van der Waals surface area contributed by atoms with Crippen LogP contribution in [0.1, 0.15) is 0 Å². The number of nitrogens with zero attached hydrogens (tertiary/aromatic N) is 2. The lowest BCUT2D eigenvalue weighted by Gasteiger charge is -2.20. The van der Waals surface area contributed by atoms with E-state index in [0.29, 0.717) is 0 Å². The van der Waals surface area contributed by atoms with Crippen molar-refractivity contribution in [2.45, 2.75) is 0 Å². The number of aromatic nitrogens is 2. The number of hydrogen-bond acceptors (Lipinski definition) is 3. The van der Waals surface area contributed by atoms with Crippen molar-refractivity contribution >= 4 is 55.8 Å². The molecule has 0 radical (unpaired) electrons. The summed E-state index contributed by atoms with van der Waals surface area (Å²) in [5.41, 5.74) is 6.73. The van der Waals surface area contributed by atoms with Crippen LogP contribution in [0.3, 0.4) is 0 Å². The topological polar surface area (TPSA) is 42.9 Å². The summed E-state index contributed by atoms with van der Waals surface area (Å²) in [6, 6.07) is 54.9. The normalized spacial score (nSPS) is 11.7. The first-order valence-corrected chi connectivity index (χ1v) is 16.4. The third-order valence-corrected chi connectivity index (χ3v) is 11.4. The molecule has 0 saturated carbocycles. The van der Waals surface area contributed by atoms with Crippen molar-refractivity contribution in [2.24, 2.45) is 0 Å². The molecule has 6 aromatic carbocycles. The van der Waals surface area contributed by atoms with Crippen molar-refractivity contribution in [2.75, 3.05) is 0 Å². The van der Waals surface area contributed by atoms with E-state index in [0.717, 1.165) is 71.0 Å². The van der Waals surface area contributed by atoms with Gasteiger partial charge in [-0.1, -0.05) is 133 Å². The summed E-state index contributed by atoms with van der Waals surface area (Å²) in [6.45, 7) is 0. The highest BCUT2D eigenvalue weighted by atomic mass is 31.2. The molecule has 0 bridgehead atoms. The number of hydrogen-bond donors (Lipinski definition) is 0. The number of pyridine rings is 2. The summed E-state index contributed by atoms with van der Waals surface area (Å²) in [6.07, 6.45) is 0. The molecule has 0 fully saturated rings. The monoisotopic (exact) mass is 582 g/mol. The molecule has 0 aliphatic rings. The van der Waals surface area contributed by atoms with Gasteiger partial charge in [-0.15, -0.1) is 0 Å². The maximum atomic E-state index is 15.0. The van der Waals surface area contributed by atoms with Gasteiger partial charge in [-0.2, -0.15) is 0 Å². The van der Waals surface area contributed by atoms with Crippen LogP contribution < -0.4 is 15.9 Å². The number of benzene rings is 6. The van der Waals surface area contributed by atoms with Crippen LogP contribution in [0.4, 0.5) is 0 Å². The molecule has 0 spiro atoms. The lowest BCUT2D eigenvalue weighted by atomic mass is 9.99. The standard InChI is InChI=1S/C40H27N2OP/c43-44(32-17-6-2-7-18-32,33-19-8-3-9-20-33)34-21-12-16-29(25-34)30-23-24-35-38(27-30)42-39(28-13-4-1-5-14-28)36-26-31-15-10-11-22-37(31)41-40(35)36/h1-27H. The number of rotatable bonds is 5. The van der Waals surface area contributed by atoms with Gasteiger partial charge in [0.25, 0.3) is 0 Å². The Bertz CT molecular complexity index is 2310. The maximum Gasteiger partial charge on any atom is 0.171 e. The molecule has 0 atom stereocenters. The fourth-order valence-corrected chi connectivity index (χ4v) is 8.80. The first-order chi connectivity index (χ1) is 21.7. The Kier molecular flexibility index (Phi) is 6.40. The summed E-state index contributed by atoms with van der Waals surface area (Å²) in [4.78, 5) is 10.4. The lowest BCUT2D eigenvalue weighted by molar-refractivity contribution is 0.592. The van der Waals surface area contributed by atoms with Crippen LogP contribution in [0, 0.1) is 0 Å². The minimum Gasteiger partial charge on any atom is -0.309 e. The molecular weight excluding hydrogens is 555 g/mol. The molecule has 44 heavy (non-hydrogen) atoms. The van der Waals surface area contributed by atoms with Crippen LogP contribution in [0.15, 0.2) is 164 Å². The Labute approximate surface area is 255 Å². The zero-order valence-electron chi connectivity index (χ0n) is 23.8. The van der Waals surface area contributed by atoms with Gasteiger partial charge in [-0.3, -0.25) is 0 Å². The van der Waals surface area contributed by atoms with Crippen LogP contribution in [0.5, 0.6) is 0 Å². The van der Waals surface area contributed by atoms with Crippen molar-refractivity contribution in [3.8, 4) is 22.4 Å². The Hall–Kier alpha value is -5.37. The minimum absolute atomic E-state index is 0.803. The van der Waals surface area contributed by atoms with Crippen LogP contribution >= 0.6 is 7.14 Å².